The molecule has 0 aliphatic carbocycles. The smallest absolute Gasteiger partial charge is 0.326 e. The van der Waals surface area contributed by atoms with E-state index in [0.717, 1.165) is 5.56 Å². The molecule has 0 aromatic heterocycles. The molecule has 0 spiro atoms. The number of halogens is 1. The monoisotopic (exact) mass is 439 g/mol. The summed E-state index contributed by atoms with van der Waals surface area (Å²) < 4.78 is 31.9. The second kappa shape index (κ2) is 8.22. The fraction of sp³-hybridized carbons (Fsp3) is 0.682. The summed E-state index contributed by atoms with van der Waals surface area (Å²) in [5.41, 5.74) is 1.19. The SMILES string of the molecule is COc1c(C)ccc(F)c1CN1O[C@@H](CO[Si](C)(C)C(C)(C)C)[C@H]2[C@H](C)OC(=O)[C@H]21. The average molecular weight is 440 g/mol. The van der Waals surface area contributed by atoms with E-state index in [0.29, 0.717) is 17.9 Å². The number of ether oxygens (including phenoxy) is 2. The zero-order valence-electron chi connectivity index (χ0n) is 19.2. The molecule has 2 heterocycles. The number of cyclic esters (lactones) is 1. The summed E-state index contributed by atoms with van der Waals surface area (Å²) in [7, 11) is -0.472. The van der Waals surface area contributed by atoms with E-state index in [1.54, 1.807) is 11.1 Å². The Morgan fingerprint density at radius 2 is 1.93 bits per heavy atom. The van der Waals surface area contributed by atoms with E-state index >= 15 is 0 Å². The molecule has 2 aliphatic rings. The predicted octanol–water partition coefficient (Wildman–Crippen LogP) is 4.21. The van der Waals surface area contributed by atoms with Crippen LogP contribution in [0.5, 0.6) is 5.75 Å². The Kier molecular flexibility index (Phi) is 6.35. The quantitative estimate of drug-likeness (QED) is 0.489. The minimum Gasteiger partial charge on any atom is -0.496 e. The maximum absolute atomic E-state index is 14.6. The molecule has 0 bridgehead atoms. The van der Waals surface area contributed by atoms with Gasteiger partial charge in [-0.25, -0.2) is 4.39 Å². The summed E-state index contributed by atoms with van der Waals surface area (Å²) in [6, 6.07) is 2.50. The Balaban J connectivity index is 1.84. The molecular weight excluding hydrogens is 405 g/mol. The summed E-state index contributed by atoms with van der Waals surface area (Å²) in [6.45, 7) is 15.1. The molecule has 0 N–H and O–H groups in total. The molecule has 0 saturated carbocycles. The Bertz CT molecular complexity index is 809. The van der Waals surface area contributed by atoms with Crippen molar-refractivity contribution >= 4 is 14.3 Å². The largest absolute Gasteiger partial charge is 0.496 e. The normalized spacial score (nSPS) is 27.3. The van der Waals surface area contributed by atoms with E-state index in [4.69, 9.17) is 18.7 Å². The van der Waals surface area contributed by atoms with Crippen LogP contribution in [0, 0.1) is 18.7 Å². The highest BCUT2D eigenvalue weighted by molar-refractivity contribution is 6.74. The molecule has 2 saturated heterocycles. The number of hydroxylamine groups is 2. The number of fused-ring (bicyclic) bond motifs is 1. The predicted molar refractivity (Wildman–Crippen MR) is 114 cm³/mol. The summed E-state index contributed by atoms with van der Waals surface area (Å²) in [6.07, 6.45) is -0.616. The number of methoxy groups -OCH3 is 1. The molecule has 168 valence electrons. The topological polar surface area (TPSA) is 57.2 Å². The van der Waals surface area contributed by atoms with Gasteiger partial charge in [0.2, 0.25) is 0 Å². The second-order valence-corrected chi connectivity index (χ2v) is 14.6. The molecule has 1 aromatic rings. The highest BCUT2D eigenvalue weighted by Crippen LogP contribution is 2.42. The van der Waals surface area contributed by atoms with E-state index in [1.807, 2.05) is 13.8 Å². The molecule has 2 aliphatic heterocycles. The van der Waals surface area contributed by atoms with Gasteiger partial charge in [0.15, 0.2) is 8.32 Å². The maximum Gasteiger partial charge on any atom is 0.326 e. The highest BCUT2D eigenvalue weighted by atomic mass is 28.4. The molecule has 1 aromatic carbocycles. The number of hydrogen-bond acceptors (Lipinski definition) is 6. The van der Waals surface area contributed by atoms with Crippen molar-refractivity contribution in [2.45, 2.75) is 77.5 Å². The van der Waals surface area contributed by atoms with Crippen molar-refractivity contribution in [2.24, 2.45) is 5.92 Å². The lowest BCUT2D eigenvalue weighted by Crippen LogP contribution is -2.44. The van der Waals surface area contributed by atoms with Gasteiger partial charge in [-0.05, 0) is 43.6 Å². The van der Waals surface area contributed by atoms with Crippen molar-refractivity contribution in [3.8, 4) is 5.75 Å². The van der Waals surface area contributed by atoms with Crippen LogP contribution >= 0.6 is 0 Å². The van der Waals surface area contributed by atoms with Crippen molar-refractivity contribution in [3.63, 3.8) is 0 Å². The number of rotatable bonds is 6. The van der Waals surface area contributed by atoms with Gasteiger partial charge >= 0.3 is 5.97 Å². The molecule has 30 heavy (non-hydrogen) atoms. The van der Waals surface area contributed by atoms with Crippen LogP contribution in [0.4, 0.5) is 4.39 Å². The first-order chi connectivity index (χ1) is 13.9. The molecule has 0 radical (unpaired) electrons. The Morgan fingerprint density at radius 3 is 2.53 bits per heavy atom. The van der Waals surface area contributed by atoms with Crippen LogP contribution in [0.2, 0.25) is 18.1 Å². The molecule has 2 fully saturated rings. The molecule has 8 heteroatoms. The number of nitrogens with zero attached hydrogens (tertiary/aromatic N) is 1. The van der Waals surface area contributed by atoms with Crippen LogP contribution in [-0.2, 0) is 25.3 Å². The molecule has 3 rings (SSSR count). The van der Waals surface area contributed by atoms with Crippen LogP contribution in [0.15, 0.2) is 12.1 Å². The maximum atomic E-state index is 14.6. The zero-order valence-corrected chi connectivity index (χ0v) is 20.2. The van der Waals surface area contributed by atoms with Gasteiger partial charge in [0.05, 0.1) is 26.2 Å². The molecule has 0 amide bonds. The lowest BCUT2D eigenvalue weighted by atomic mass is 9.93. The van der Waals surface area contributed by atoms with Gasteiger partial charge < -0.3 is 13.9 Å². The average Bonchev–Trinajstić information content (AvgIpc) is 3.14. The first-order valence-electron chi connectivity index (χ1n) is 10.5. The van der Waals surface area contributed by atoms with Crippen LogP contribution < -0.4 is 4.74 Å². The van der Waals surface area contributed by atoms with Gasteiger partial charge in [0.1, 0.15) is 29.8 Å². The van der Waals surface area contributed by atoms with Gasteiger partial charge in [-0.2, -0.15) is 5.06 Å². The van der Waals surface area contributed by atoms with Crippen LogP contribution in [0.25, 0.3) is 0 Å². The Labute approximate surface area is 179 Å². The Hall–Kier alpha value is -1.48. The summed E-state index contributed by atoms with van der Waals surface area (Å²) in [5, 5.41) is 1.62. The van der Waals surface area contributed by atoms with Gasteiger partial charge in [0, 0.05) is 5.56 Å². The molecule has 6 nitrogen and oxygen atoms in total. The van der Waals surface area contributed by atoms with E-state index in [9.17, 15) is 9.18 Å². The van der Waals surface area contributed by atoms with Crippen LogP contribution in [0.3, 0.4) is 0 Å². The van der Waals surface area contributed by atoms with Crippen LogP contribution in [0.1, 0.15) is 38.8 Å². The number of carbonyl (C=O) groups excluding carboxylic acids is 1. The number of benzene rings is 1. The van der Waals surface area contributed by atoms with Crippen molar-refractivity contribution in [3.05, 3.63) is 29.1 Å². The third kappa shape index (κ3) is 4.15. The van der Waals surface area contributed by atoms with E-state index in [2.05, 4.69) is 33.9 Å². The fourth-order valence-corrected chi connectivity index (χ4v) is 4.98. The molecule has 0 unspecified atom stereocenters. The van der Waals surface area contributed by atoms with Crippen molar-refractivity contribution < 1.29 is 27.9 Å². The van der Waals surface area contributed by atoms with Crippen molar-refractivity contribution in [2.75, 3.05) is 13.7 Å². The van der Waals surface area contributed by atoms with Gasteiger partial charge in [-0.3, -0.25) is 9.63 Å². The van der Waals surface area contributed by atoms with Crippen molar-refractivity contribution in [1.29, 1.82) is 0 Å². The number of hydrogen-bond donors (Lipinski definition) is 0. The second-order valence-electron chi connectivity index (χ2n) is 9.83. The lowest BCUT2D eigenvalue weighted by Gasteiger charge is -2.37. The highest BCUT2D eigenvalue weighted by Gasteiger charge is 2.57. The third-order valence-corrected chi connectivity index (χ3v) is 11.3. The number of esters is 1. The Morgan fingerprint density at radius 1 is 1.27 bits per heavy atom. The standard InChI is InChI=1S/C22H34FNO5Si/c1-13-9-10-16(23)15(20(13)26-6)11-24-19-18(14(2)28-21(19)25)17(29-24)12-27-30(7,8)22(3,4)5/h9-10,14,17-19H,11-12H2,1-8H3/t14-,17-,18+,19-/m0/s1. The molecule has 4 atom stereocenters. The van der Waals surface area contributed by atoms with Gasteiger partial charge in [0.25, 0.3) is 0 Å². The number of carbonyl (C=O) groups is 1. The summed E-state index contributed by atoms with van der Waals surface area (Å²) >= 11 is 0. The molecular formula is C22H34FNO5Si. The van der Waals surface area contributed by atoms with E-state index in [-0.39, 0.29) is 35.7 Å². The minimum atomic E-state index is -1.99. The van der Waals surface area contributed by atoms with Crippen LogP contribution in [-0.4, -0.2) is 51.3 Å². The lowest BCUT2D eigenvalue weighted by molar-refractivity contribution is -0.195. The first-order valence-corrected chi connectivity index (χ1v) is 13.4. The van der Waals surface area contributed by atoms with Gasteiger partial charge in [-0.1, -0.05) is 26.8 Å². The number of aryl methyl sites for hydroxylation is 1. The van der Waals surface area contributed by atoms with E-state index in [1.165, 1.54) is 13.2 Å². The van der Waals surface area contributed by atoms with Gasteiger partial charge in [-0.15, -0.1) is 0 Å². The van der Waals surface area contributed by atoms with E-state index < -0.39 is 20.2 Å². The first kappa shape index (κ1) is 23.2. The third-order valence-electron chi connectivity index (χ3n) is 6.79. The fourth-order valence-electron chi connectivity index (χ4n) is 3.96. The minimum absolute atomic E-state index is 0.0658. The van der Waals surface area contributed by atoms with Crippen molar-refractivity contribution in [1.82, 2.24) is 5.06 Å². The summed E-state index contributed by atoms with van der Waals surface area (Å²) in [4.78, 5) is 18.8. The summed E-state index contributed by atoms with van der Waals surface area (Å²) in [5.74, 6) is -0.427. The zero-order chi connectivity index (χ0) is 22.4.